The van der Waals surface area contributed by atoms with E-state index in [1.54, 1.807) is 6.20 Å². The van der Waals surface area contributed by atoms with E-state index in [2.05, 4.69) is 15.6 Å². The van der Waals surface area contributed by atoms with Gasteiger partial charge in [-0.2, -0.15) is 0 Å². The van der Waals surface area contributed by atoms with Crippen LogP contribution in [0.5, 0.6) is 0 Å². The molecule has 1 amide bonds. The molecule has 2 N–H and O–H groups in total. The van der Waals surface area contributed by atoms with Crippen LogP contribution in [0.15, 0.2) is 12.4 Å². The van der Waals surface area contributed by atoms with Crippen molar-refractivity contribution < 1.29 is 4.79 Å². The third-order valence-corrected chi connectivity index (χ3v) is 1.60. The summed E-state index contributed by atoms with van der Waals surface area (Å²) in [4.78, 5) is 14.6. The first-order chi connectivity index (χ1) is 6.20. The lowest BCUT2D eigenvalue weighted by atomic mass is 10.6. The summed E-state index contributed by atoms with van der Waals surface area (Å²) in [5, 5.41) is 5.77. The normalized spacial score (nSPS) is 9.69. The molecule has 0 aliphatic carbocycles. The molecule has 0 spiro atoms. The van der Waals surface area contributed by atoms with Crippen LogP contribution < -0.4 is 10.6 Å². The summed E-state index contributed by atoms with van der Waals surface area (Å²) >= 11 is 0. The van der Waals surface area contributed by atoms with Crippen molar-refractivity contribution in [2.75, 3.05) is 18.4 Å². The Hall–Kier alpha value is -1.52. The molecule has 13 heavy (non-hydrogen) atoms. The molecular formula is C8H14N4O. The van der Waals surface area contributed by atoms with E-state index in [1.165, 1.54) is 6.92 Å². The van der Waals surface area contributed by atoms with Gasteiger partial charge in [-0.3, -0.25) is 4.79 Å². The zero-order chi connectivity index (χ0) is 9.68. The van der Waals surface area contributed by atoms with Gasteiger partial charge in [0.25, 0.3) is 0 Å². The average Bonchev–Trinajstić information content (AvgIpc) is 2.45. The number of aromatic nitrogens is 2. The van der Waals surface area contributed by atoms with Gasteiger partial charge >= 0.3 is 0 Å². The average molecular weight is 182 g/mol. The minimum Gasteiger partial charge on any atom is -0.355 e. The summed E-state index contributed by atoms with van der Waals surface area (Å²) in [5.41, 5.74) is 0. The minimum absolute atomic E-state index is 0.0124. The fourth-order valence-corrected chi connectivity index (χ4v) is 0.949. The number of rotatable bonds is 4. The molecule has 0 bridgehead atoms. The molecule has 1 aromatic heterocycles. The number of anilines is 1. The molecule has 0 unspecified atom stereocenters. The summed E-state index contributed by atoms with van der Waals surface area (Å²) in [5.74, 6) is 0.798. The SMILES string of the molecule is CC(=O)NCCNc1nccn1C. The monoisotopic (exact) mass is 182 g/mol. The van der Waals surface area contributed by atoms with Gasteiger partial charge in [0, 0.05) is 39.5 Å². The van der Waals surface area contributed by atoms with Crippen molar-refractivity contribution in [3.63, 3.8) is 0 Å². The van der Waals surface area contributed by atoms with E-state index >= 15 is 0 Å². The van der Waals surface area contributed by atoms with E-state index < -0.39 is 0 Å². The summed E-state index contributed by atoms with van der Waals surface area (Å²) in [6.45, 7) is 2.80. The highest BCUT2D eigenvalue weighted by Crippen LogP contribution is 1.98. The predicted octanol–water partition coefficient (Wildman–Crippen LogP) is -0.0319. The summed E-state index contributed by atoms with van der Waals surface area (Å²) in [7, 11) is 1.91. The number of nitrogens with one attached hydrogen (secondary N) is 2. The van der Waals surface area contributed by atoms with Crippen molar-refractivity contribution in [2.24, 2.45) is 7.05 Å². The second kappa shape index (κ2) is 4.49. The topological polar surface area (TPSA) is 59.0 Å². The van der Waals surface area contributed by atoms with Crippen LogP contribution in [0, 0.1) is 0 Å². The molecule has 0 fully saturated rings. The maximum Gasteiger partial charge on any atom is 0.216 e. The van der Waals surface area contributed by atoms with Gasteiger partial charge in [0.2, 0.25) is 11.9 Å². The van der Waals surface area contributed by atoms with Crippen molar-refractivity contribution in [3.05, 3.63) is 12.4 Å². The number of aryl methyl sites for hydroxylation is 1. The number of hydrogen-bond donors (Lipinski definition) is 2. The van der Waals surface area contributed by atoms with Crippen LogP contribution in [0.4, 0.5) is 5.95 Å². The van der Waals surface area contributed by atoms with Gasteiger partial charge in [-0.05, 0) is 0 Å². The van der Waals surface area contributed by atoms with Crippen LogP contribution in [-0.4, -0.2) is 28.5 Å². The highest BCUT2D eigenvalue weighted by molar-refractivity contribution is 5.72. The first-order valence-corrected chi connectivity index (χ1v) is 4.16. The lowest BCUT2D eigenvalue weighted by Crippen LogP contribution is -2.26. The standard InChI is InChI=1S/C8H14N4O/c1-7(13)9-3-4-10-8-11-5-6-12(8)2/h5-6H,3-4H2,1-2H3,(H,9,13)(H,10,11). The Morgan fingerprint density at radius 3 is 2.92 bits per heavy atom. The molecule has 72 valence electrons. The van der Waals surface area contributed by atoms with Gasteiger partial charge < -0.3 is 15.2 Å². The molecule has 0 atom stereocenters. The Balaban J connectivity index is 2.20. The van der Waals surface area contributed by atoms with E-state index in [4.69, 9.17) is 0 Å². The molecule has 0 saturated carbocycles. The summed E-state index contributed by atoms with van der Waals surface area (Å²) in [6.07, 6.45) is 3.58. The zero-order valence-corrected chi connectivity index (χ0v) is 7.87. The third kappa shape index (κ3) is 3.14. The number of carbonyl (C=O) groups excluding carboxylic acids is 1. The van der Waals surface area contributed by atoms with Crippen LogP contribution >= 0.6 is 0 Å². The number of nitrogens with zero attached hydrogens (tertiary/aromatic N) is 2. The van der Waals surface area contributed by atoms with E-state index in [-0.39, 0.29) is 5.91 Å². The zero-order valence-electron chi connectivity index (χ0n) is 7.87. The molecule has 0 saturated heterocycles. The first-order valence-electron chi connectivity index (χ1n) is 4.16. The molecule has 0 aliphatic rings. The van der Waals surface area contributed by atoms with Crippen LogP contribution in [0.3, 0.4) is 0 Å². The molecule has 5 nitrogen and oxygen atoms in total. The fourth-order valence-electron chi connectivity index (χ4n) is 0.949. The maximum atomic E-state index is 10.5. The number of amides is 1. The van der Waals surface area contributed by atoms with E-state index in [0.29, 0.717) is 13.1 Å². The first kappa shape index (κ1) is 9.57. The number of hydrogen-bond acceptors (Lipinski definition) is 3. The Kier molecular flexibility index (Phi) is 3.31. The quantitative estimate of drug-likeness (QED) is 0.643. The van der Waals surface area contributed by atoms with Crippen LogP contribution in [0.2, 0.25) is 0 Å². The van der Waals surface area contributed by atoms with E-state index in [1.807, 2.05) is 17.8 Å². The van der Waals surface area contributed by atoms with Crippen LogP contribution in [-0.2, 0) is 11.8 Å². The largest absolute Gasteiger partial charge is 0.355 e. The predicted molar refractivity (Wildman–Crippen MR) is 50.4 cm³/mol. The third-order valence-electron chi connectivity index (χ3n) is 1.60. The second-order valence-electron chi connectivity index (χ2n) is 2.77. The maximum absolute atomic E-state index is 10.5. The Bertz CT molecular complexity index is 281. The molecule has 1 aromatic rings. The molecule has 5 heteroatoms. The van der Waals surface area contributed by atoms with Crippen molar-refractivity contribution in [2.45, 2.75) is 6.92 Å². The van der Waals surface area contributed by atoms with Crippen molar-refractivity contribution in [1.29, 1.82) is 0 Å². The lowest BCUT2D eigenvalue weighted by Gasteiger charge is -2.05. The van der Waals surface area contributed by atoms with Gasteiger partial charge in [0.1, 0.15) is 0 Å². The summed E-state index contributed by atoms with van der Waals surface area (Å²) < 4.78 is 1.88. The van der Waals surface area contributed by atoms with Crippen molar-refractivity contribution in [3.8, 4) is 0 Å². The summed E-state index contributed by atoms with van der Waals surface area (Å²) in [6, 6.07) is 0. The Morgan fingerprint density at radius 1 is 1.62 bits per heavy atom. The van der Waals surface area contributed by atoms with Gasteiger partial charge in [0.15, 0.2) is 0 Å². The molecule has 1 heterocycles. The van der Waals surface area contributed by atoms with Crippen LogP contribution in [0.25, 0.3) is 0 Å². The van der Waals surface area contributed by atoms with Gasteiger partial charge in [-0.15, -0.1) is 0 Å². The van der Waals surface area contributed by atoms with E-state index in [9.17, 15) is 4.79 Å². The lowest BCUT2D eigenvalue weighted by molar-refractivity contribution is -0.118. The highest BCUT2D eigenvalue weighted by Gasteiger charge is 1.96. The van der Waals surface area contributed by atoms with E-state index in [0.717, 1.165) is 5.95 Å². The van der Waals surface area contributed by atoms with Crippen molar-refractivity contribution in [1.82, 2.24) is 14.9 Å². The minimum atomic E-state index is -0.0124. The van der Waals surface area contributed by atoms with Crippen LogP contribution in [0.1, 0.15) is 6.92 Å². The highest BCUT2D eigenvalue weighted by atomic mass is 16.1. The fraction of sp³-hybridized carbons (Fsp3) is 0.500. The molecule has 0 radical (unpaired) electrons. The van der Waals surface area contributed by atoms with Gasteiger partial charge in [-0.25, -0.2) is 4.98 Å². The van der Waals surface area contributed by atoms with Crippen molar-refractivity contribution >= 4 is 11.9 Å². The van der Waals surface area contributed by atoms with Gasteiger partial charge in [-0.1, -0.05) is 0 Å². The number of imidazole rings is 1. The smallest absolute Gasteiger partial charge is 0.216 e. The van der Waals surface area contributed by atoms with Gasteiger partial charge in [0.05, 0.1) is 0 Å². The molecule has 0 aromatic carbocycles. The number of carbonyl (C=O) groups is 1. The molecule has 0 aliphatic heterocycles. The second-order valence-corrected chi connectivity index (χ2v) is 2.77. The Labute approximate surface area is 77.2 Å². The Morgan fingerprint density at radius 2 is 2.38 bits per heavy atom. The molecular weight excluding hydrogens is 168 g/mol. The molecule has 1 rings (SSSR count).